The van der Waals surface area contributed by atoms with Crippen molar-refractivity contribution in [3.8, 4) is 11.5 Å². The summed E-state index contributed by atoms with van der Waals surface area (Å²) < 4.78 is 21.0. The number of ether oxygens (including phenoxy) is 4. The van der Waals surface area contributed by atoms with Gasteiger partial charge >= 0.3 is 12.1 Å². The molecule has 0 saturated heterocycles. The van der Waals surface area contributed by atoms with Crippen molar-refractivity contribution in [3.63, 3.8) is 0 Å². The molecule has 190 valence electrons. The Morgan fingerprint density at radius 2 is 1.26 bits per heavy atom. The van der Waals surface area contributed by atoms with Crippen molar-refractivity contribution in [2.45, 2.75) is 51.3 Å². The number of alkyl carbamates (subject to hydrolysis) is 1. The molecule has 0 radical (unpaired) electrons. The summed E-state index contributed by atoms with van der Waals surface area (Å²) in [5.41, 5.74) is 0.658. The lowest BCUT2D eigenvalue weighted by Gasteiger charge is -2.25. The number of amides is 2. The van der Waals surface area contributed by atoms with E-state index in [2.05, 4.69) is 10.6 Å². The number of hydrogen-bond acceptors (Lipinski definition) is 7. The number of carbonyl (C=O) groups excluding carboxylic acids is 3. The maximum absolute atomic E-state index is 13.4. The van der Waals surface area contributed by atoms with Gasteiger partial charge in [0.15, 0.2) is 0 Å². The first-order valence-electron chi connectivity index (χ1n) is 11.2. The summed E-state index contributed by atoms with van der Waals surface area (Å²) in [4.78, 5) is 38.4. The zero-order valence-corrected chi connectivity index (χ0v) is 21.0. The van der Waals surface area contributed by atoms with Gasteiger partial charge in [-0.2, -0.15) is 0 Å². The summed E-state index contributed by atoms with van der Waals surface area (Å²) in [6.07, 6.45) is -0.514. The highest BCUT2D eigenvalue weighted by atomic mass is 16.6. The summed E-state index contributed by atoms with van der Waals surface area (Å²) in [5, 5.41) is 5.33. The van der Waals surface area contributed by atoms with Crippen LogP contribution >= 0.6 is 0 Å². The van der Waals surface area contributed by atoms with E-state index in [1.54, 1.807) is 57.2 Å². The quantitative estimate of drug-likeness (QED) is 0.497. The van der Waals surface area contributed by atoms with Crippen LogP contribution in [0.5, 0.6) is 11.5 Å². The van der Waals surface area contributed by atoms with Crippen LogP contribution in [-0.2, 0) is 31.9 Å². The van der Waals surface area contributed by atoms with E-state index in [1.807, 2.05) is 12.1 Å². The first-order chi connectivity index (χ1) is 16.6. The minimum Gasteiger partial charge on any atom is -0.496 e. The third kappa shape index (κ3) is 8.51. The average Bonchev–Trinajstić information content (AvgIpc) is 2.82. The van der Waals surface area contributed by atoms with Gasteiger partial charge in [-0.3, -0.25) is 4.79 Å². The van der Waals surface area contributed by atoms with E-state index in [1.165, 1.54) is 21.3 Å². The van der Waals surface area contributed by atoms with Gasteiger partial charge in [0.1, 0.15) is 29.2 Å². The maximum Gasteiger partial charge on any atom is 0.408 e. The Morgan fingerprint density at radius 3 is 1.71 bits per heavy atom. The van der Waals surface area contributed by atoms with Crippen molar-refractivity contribution in [1.82, 2.24) is 10.6 Å². The number of methoxy groups -OCH3 is 3. The highest BCUT2D eigenvalue weighted by Gasteiger charge is 2.30. The van der Waals surface area contributed by atoms with Crippen molar-refractivity contribution in [2.24, 2.45) is 0 Å². The van der Waals surface area contributed by atoms with E-state index in [0.29, 0.717) is 22.6 Å². The normalized spacial score (nSPS) is 12.6. The van der Waals surface area contributed by atoms with Crippen molar-refractivity contribution in [2.75, 3.05) is 21.3 Å². The Balaban J connectivity index is 2.30. The van der Waals surface area contributed by atoms with Crippen molar-refractivity contribution in [3.05, 3.63) is 59.7 Å². The van der Waals surface area contributed by atoms with Crippen LogP contribution in [0.4, 0.5) is 4.79 Å². The Hall–Kier alpha value is -3.75. The van der Waals surface area contributed by atoms with Crippen LogP contribution in [0.2, 0.25) is 0 Å². The predicted octanol–water partition coefficient (Wildman–Crippen LogP) is 3.04. The van der Waals surface area contributed by atoms with E-state index in [0.717, 1.165) is 0 Å². The molecule has 0 aromatic heterocycles. The SMILES string of the molecule is COC(=O)[C@H](Cc1ccccc1OC)NC(=O)[C@@H](Cc1ccccc1OC)NC(=O)OC(C)(C)C. The van der Waals surface area contributed by atoms with Gasteiger partial charge < -0.3 is 29.6 Å². The molecule has 2 aromatic rings. The highest BCUT2D eigenvalue weighted by Crippen LogP contribution is 2.21. The minimum atomic E-state index is -1.05. The van der Waals surface area contributed by atoms with Crippen LogP contribution in [-0.4, -0.2) is 57.0 Å². The summed E-state index contributed by atoms with van der Waals surface area (Å²) >= 11 is 0. The first-order valence-corrected chi connectivity index (χ1v) is 11.2. The second-order valence-corrected chi connectivity index (χ2v) is 8.82. The molecule has 0 spiro atoms. The number of para-hydroxylation sites is 2. The Labute approximate surface area is 206 Å². The minimum absolute atomic E-state index is 0.109. The Kier molecular flexibility index (Phi) is 9.93. The summed E-state index contributed by atoms with van der Waals surface area (Å²) in [6, 6.07) is 12.3. The van der Waals surface area contributed by atoms with Gasteiger partial charge in [0, 0.05) is 12.8 Å². The van der Waals surface area contributed by atoms with Crippen LogP contribution in [0.25, 0.3) is 0 Å². The number of benzene rings is 2. The van der Waals surface area contributed by atoms with E-state index in [4.69, 9.17) is 18.9 Å². The molecule has 0 aliphatic carbocycles. The van der Waals surface area contributed by atoms with Crippen LogP contribution < -0.4 is 20.1 Å². The van der Waals surface area contributed by atoms with Gasteiger partial charge in [0.05, 0.1) is 21.3 Å². The van der Waals surface area contributed by atoms with Gasteiger partial charge in [-0.15, -0.1) is 0 Å². The molecule has 2 rings (SSSR count). The molecule has 2 N–H and O–H groups in total. The monoisotopic (exact) mass is 486 g/mol. The Morgan fingerprint density at radius 1 is 0.771 bits per heavy atom. The molecular weight excluding hydrogens is 452 g/mol. The second-order valence-electron chi connectivity index (χ2n) is 8.82. The second kappa shape index (κ2) is 12.6. The summed E-state index contributed by atoms with van der Waals surface area (Å²) in [6.45, 7) is 5.17. The standard InChI is InChI=1S/C26H34N2O7/c1-26(2,3)35-25(31)28-19(15-17-11-7-9-13-21(17)32-4)23(29)27-20(24(30)34-6)16-18-12-8-10-14-22(18)33-5/h7-14,19-20H,15-16H2,1-6H3,(H,27,29)(H,28,31)/t19-,20+/m1/s1. The lowest BCUT2D eigenvalue weighted by molar-refractivity contribution is -0.145. The number of rotatable bonds is 10. The third-order valence-electron chi connectivity index (χ3n) is 5.04. The molecule has 2 atom stereocenters. The van der Waals surface area contributed by atoms with E-state index < -0.39 is 35.7 Å². The first kappa shape index (κ1) is 27.5. The van der Waals surface area contributed by atoms with Crippen LogP contribution in [0.15, 0.2) is 48.5 Å². The van der Waals surface area contributed by atoms with Gasteiger partial charge in [0.25, 0.3) is 0 Å². The lowest BCUT2D eigenvalue weighted by Crippen LogP contribution is -2.54. The van der Waals surface area contributed by atoms with Crippen LogP contribution in [0.1, 0.15) is 31.9 Å². The number of esters is 1. The largest absolute Gasteiger partial charge is 0.496 e. The topological polar surface area (TPSA) is 112 Å². The molecule has 0 bridgehead atoms. The van der Waals surface area contributed by atoms with E-state index >= 15 is 0 Å². The molecule has 0 unspecified atom stereocenters. The molecule has 0 fully saturated rings. The molecule has 0 aliphatic rings. The predicted molar refractivity (Wildman–Crippen MR) is 131 cm³/mol. The van der Waals surface area contributed by atoms with Crippen molar-refractivity contribution >= 4 is 18.0 Å². The van der Waals surface area contributed by atoms with Crippen LogP contribution in [0, 0.1) is 0 Å². The zero-order valence-electron chi connectivity index (χ0n) is 21.0. The Bertz CT molecular complexity index is 1020. The van der Waals surface area contributed by atoms with Gasteiger partial charge in [-0.1, -0.05) is 36.4 Å². The molecule has 35 heavy (non-hydrogen) atoms. The number of hydrogen-bond donors (Lipinski definition) is 2. The molecule has 9 heteroatoms. The fourth-order valence-corrected chi connectivity index (χ4v) is 3.45. The van der Waals surface area contributed by atoms with Crippen molar-refractivity contribution in [1.29, 1.82) is 0 Å². The molecule has 0 aliphatic heterocycles. The fourth-order valence-electron chi connectivity index (χ4n) is 3.45. The van der Waals surface area contributed by atoms with Crippen molar-refractivity contribution < 1.29 is 33.3 Å². The number of carbonyl (C=O) groups is 3. The summed E-state index contributed by atoms with van der Waals surface area (Å²) in [7, 11) is 4.29. The highest BCUT2D eigenvalue weighted by molar-refractivity contribution is 5.90. The zero-order chi connectivity index (χ0) is 26.0. The number of nitrogens with one attached hydrogen (secondary N) is 2. The lowest BCUT2D eigenvalue weighted by atomic mass is 10.0. The van der Waals surface area contributed by atoms with E-state index in [-0.39, 0.29) is 12.8 Å². The molecule has 2 amide bonds. The van der Waals surface area contributed by atoms with E-state index in [9.17, 15) is 14.4 Å². The molecular formula is C26H34N2O7. The van der Waals surface area contributed by atoms with Gasteiger partial charge in [-0.05, 0) is 44.0 Å². The maximum atomic E-state index is 13.4. The fraction of sp³-hybridized carbons (Fsp3) is 0.423. The van der Waals surface area contributed by atoms with Gasteiger partial charge in [0.2, 0.25) is 5.91 Å². The van der Waals surface area contributed by atoms with Crippen LogP contribution in [0.3, 0.4) is 0 Å². The third-order valence-corrected chi connectivity index (χ3v) is 5.04. The molecule has 0 saturated carbocycles. The average molecular weight is 487 g/mol. The molecule has 2 aromatic carbocycles. The molecule has 0 heterocycles. The smallest absolute Gasteiger partial charge is 0.408 e. The molecule has 9 nitrogen and oxygen atoms in total. The summed E-state index contributed by atoms with van der Waals surface area (Å²) in [5.74, 6) is -0.0624. The van der Waals surface area contributed by atoms with Gasteiger partial charge in [-0.25, -0.2) is 9.59 Å².